The molecule has 0 saturated carbocycles. The molecule has 34 heavy (non-hydrogen) atoms. The highest BCUT2D eigenvalue weighted by molar-refractivity contribution is 6.06. The number of furan rings is 1. The second kappa shape index (κ2) is 9.40. The molecule has 0 bridgehead atoms. The molecule has 0 saturated heterocycles. The van der Waals surface area contributed by atoms with Crippen molar-refractivity contribution in [3.05, 3.63) is 120 Å². The number of fused-ring (bicyclic) bond motifs is 1. The first kappa shape index (κ1) is 21.7. The van der Waals surface area contributed by atoms with Crippen molar-refractivity contribution in [1.29, 1.82) is 0 Å². The lowest BCUT2D eigenvalue weighted by molar-refractivity contribution is -0.118. The van der Waals surface area contributed by atoms with Crippen molar-refractivity contribution >= 4 is 23.2 Å². The molecule has 2 heterocycles. The summed E-state index contributed by atoms with van der Waals surface area (Å²) in [5.74, 6) is 0.153. The number of hydrogen-bond donors (Lipinski definition) is 0. The smallest absolute Gasteiger partial charge is 0.294 e. The molecule has 2 atom stereocenters. The molecule has 4 aromatic rings. The fourth-order valence-corrected chi connectivity index (χ4v) is 4.80. The van der Waals surface area contributed by atoms with E-state index in [0.717, 1.165) is 22.5 Å². The summed E-state index contributed by atoms with van der Waals surface area (Å²) in [4.78, 5) is 30.8. The Morgan fingerprint density at radius 2 is 1.56 bits per heavy atom. The third kappa shape index (κ3) is 4.13. The van der Waals surface area contributed by atoms with Crippen LogP contribution in [0.1, 0.15) is 41.1 Å². The van der Waals surface area contributed by atoms with Crippen LogP contribution in [0.15, 0.2) is 108 Å². The van der Waals surface area contributed by atoms with Gasteiger partial charge in [-0.15, -0.1) is 0 Å². The van der Waals surface area contributed by atoms with Crippen LogP contribution in [-0.4, -0.2) is 17.9 Å². The average Bonchev–Trinajstić information content (AvgIpc) is 3.40. The Balaban J connectivity index is 1.56. The van der Waals surface area contributed by atoms with Crippen LogP contribution < -0.4 is 9.80 Å². The van der Waals surface area contributed by atoms with Crippen LogP contribution in [0.25, 0.3) is 0 Å². The number of benzene rings is 3. The van der Waals surface area contributed by atoms with Crippen LogP contribution in [0.5, 0.6) is 0 Å². The Morgan fingerprint density at radius 3 is 2.26 bits per heavy atom. The van der Waals surface area contributed by atoms with Gasteiger partial charge in [-0.05, 0) is 54.8 Å². The van der Waals surface area contributed by atoms with E-state index in [4.69, 9.17) is 4.42 Å². The second-order valence-electron chi connectivity index (χ2n) is 8.57. The molecular formula is C29H26N2O3. The quantitative estimate of drug-likeness (QED) is 0.373. The maximum Gasteiger partial charge on any atom is 0.294 e. The van der Waals surface area contributed by atoms with Gasteiger partial charge in [-0.1, -0.05) is 66.7 Å². The van der Waals surface area contributed by atoms with Crippen molar-refractivity contribution in [2.75, 3.05) is 9.80 Å². The van der Waals surface area contributed by atoms with E-state index in [-0.39, 0.29) is 23.9 Å². The summed E-state index contributed by atoms with van der Waals surface area (Å²) < 4.78 is 5.40. The Morgan fingerprint density at radius 1 is 0.882 bits per heavy atom. The first-order valence-electron chi connectivity index (χ1n) is 11.5. The maximum absolute atomic E-state index is 13.8. The van der Waals surface area contributed by atoms with E-state index in [0.29, 0.717) is 18.6 Å². The molecular weight excluding hydrogens is 424 g/mol. The van der Waals surface area contributed by atoms with E-state index in [1.807, 2.05) is 96.8 Å². The molecule has 1 aliphatic heterocycles. The SMILES string of the molecule is C[C@H]1C[C@H](N(C(=O)Cc2ccccc2)c2ccccc2)c2ccccc2N1C(=O)c1ccco1. The second-order valence-corrected chi connectivity index (χ2v) is 8.57. The largest absolute Gasteiger partial charge is 0.459 e. The van der Waals surface area contributed by atoms with Crippen molar-refractivity contribution in [3.8, 4) is 0 Å². The normalized spacial score (nSPS) is 17.1. The summed E-state index contributed by atoms with van der Waals surface area (Å²) in [5, 5.41) is 0. The molecule has 5 nitrogen and oxygen atoms in total. The van der Waals surface area contributed by atoms with Crippen LogP contribution in [0.3, 0.4) is 0 Å². The molecule has 0 radical (unpaired) electrons. The number of carbonyl (C=O) groups is 2. The first-order chi connectivity index (χ1) is 16.6. The van der Waals surface area contributed by atoms with Crippen LogP contribution in [0, 0.1) is 0 Å². The number of para-hydroxylation sites is 2. The van der Waals surface area contributed by atoms with Crippen molar-refractivity contribution in [1.82, 2.24) is 0 Å². The van der Waals surface area contributed by atoms with Crippen molar-refractivity contribution in [2.24, 2.45) is 0 Å². The summed E-state index contributed by atoms with van der Waals surface area (Å²) in [5.41, 5.74) is 3.58. The van der Waals surface area contributed by atoms with Crippen molar-refractivity contribution in [3.63, 3.8) is 0 Å². The lowest BCUT2D eigenvalue weighted by atomic mass is 9.89. The van der Waals surface area contributed by atoms with Crippen LogP contribution in [-0.2, 0) is 11.2 Å². The maximum atomic E-state index is 13.8. The predicted molar refractivity (Wildman–Crippen MR) is 133 cm³/mol. The Kier molecular flexibility index (Phi) is 6.00. The van der Waals surface area contributed by atoms with E-state index < -0.39 is 0 Å². The predicted octanol–water partition coefficient (Wildman–Crippen LogP) is 6.04. The van der Waals surface area contributed by atoms with Gasteiger partial charge in [-0.2, -0.15) is 0 Å². The molecule has 0 N–H and O–H groups in total. The molecule has 0 unspecified atom stereocenters. The Labute approximate surface area is 199 Å². The number of anilines is 2. The zero-order valence-corrected chi connectivity index (χ0v) is 19.0. The summed E-state index contributed by atoms with van der Waals surface area (Å²) >= 11 is 0. The first-order valence-corrected chi connectivity index (χ1v) is 11.5. The minimum absolute atomic E-state index is 0.0233. The number of carbonyl (C=O) groups excluding carboxylic acids is 2. The van der Waals surface area contributed by atoms with E-state index in [2.05, 4.69) is 0 Å². The molecule has 1 aliphatic rings. The minimum Gasteiger partial charge on any atom is -0.459 e. The van der Waals surface area contributed by atoms with Gasteiger partial charge in [0.15, 0.2) is 5.76 Å². The van der Waals surface area contributed by atoms with Crippen LogP contribution in [0.2, 0.25) is 0 Å². The highest BCUT2D eigenvalue weighted by Gasteiger charge is 2.39. The highest BCUT2D eigenvalue weighted by atomic mass is 16.3. The molecule has 5 heteroatoms. The Bertz CT molecular complexity index is 1270. The van der Waals surface area contributed by atoms with Crippen molar-refractivity contribution < 1.29 is 14.0 Å². The molecule has 3 aromatic carbocycles. The molecule has 0 aliphatic carbocycles. The number of rotatable bonds is 5. The highest BCUT2D eigenvalue weighted by Crippen LogP contribution is 2.42. The summed E-state index contributed by atoms with van der Waals surface area (Å²) in [6, 6.07) is 30.5. The zero-order valence-electron chi connectivity index (χ0n) is 19.0. The summed E-state index contributed by atoms with van der Waals surface area (Å²) in [6.07, 6.45) is 2.42. The average molecular weight is 451 g/mol. The van der Waals surface area contributed by atoms with Gasteiger partial charge in [-0.3, -0.25) is 9.59 Å². The monoisotopic (exact) mass is 450 g/mol. The fourth-order valence-electron chi connectivity index (χ4n) is 4.80. The summed E-state index contributed by atoms with van der Waals surface area (Å²) in [6.45, 7) is 2.02. The summed E-state index contributed by atoms with van der Waals surface area (Å²) in [7, 11) is 0. The standard InChI is InChI=1S/C29H26N2O3/c1-21-19-26(24-15-8-9-16-25(24)30(21)29(33)27-17-10-18-34-27)31(23-13-6-3-7-14-23)28(32)20-22-11-4-2-5-12-22/h2-18,21,26H,19-20H2,1H3/t21-,26-/m0/s1. The van der Waals surface area contributed by atoms with E-state index in [1.54, 1.807) is 17.0 Å². The third-order valence-electron chi connectivity index (χ3n) is 6.32. The lowest BCUT2D eigenvalue weighted by Crippen LogP contribution is -2.48. The van der Waals surface area contributed by atoms with Gasteiger partial charge in [0.1, 0.15) is 0 Å². The third-order valence-corrected chi connectivity index (χ3v) is 6.32. The number of hydrogen-bond acceptors (Lipinski definition) is 3. The molecule has 170 valence electrons. The fraction of sp³-hybridized carbons (Fsp3) is 0.172. The molecule has 0 spiro atoms. The number of amides is 2. The minimum atomic E-state index is -0.203. The molecule has 1 aromatic heterocycles. The molecule has 2 amide bonds. The topological polar surface area (TPSA) is 53.8 Å². The van der Waals surface area contributed by atoms with Gasteiger partial charge < -0.3 is 14.2 Å². The van der Waals surface area contributed by atoms with Crippen molar-refractivity contribution in [2.45, 2.75) is 31.8 Å². The van der Waals surface area contributed by atoms with E-state index in [9.17, 15) is 9.59 Å². The van der Waals surface area contributed by atoms with E-state index >= 15 is 0 Å². The zero-order chi connectivity index (χ0) is 23.5. The van der Waals surface area contributed by atoms with Crippen LogP contribution in [0.4, 0.5) is 11.4 Å². The van der Waals surface area contributed by atoms with Gasteiger partial charge in [0.05, 0.1) is 18.7 Å². The van der Waals surface area contributed by atoms with Gasteiger partial charge in [-0.25, -0.2) is 0 Å². The van der Waals surface area contributed by atoms with Gasteiger partial charge in [0.2, 0.25) is 5.91 Å². The van der Waals surface area contributed by atoms with E-state index in [1.165, 1.54) is 6.26 Å². The van der Waals surface area contributed by atoms with Gasteiger partial charge in [0.25, 0.3) is 5.91 Å². The molecule has 5 rings (SSSR count). The lowest BCUT2D eigenvalue weighted by Gasteiger charge is -2.43. The number of nitrogens with zero attached hydrogens (tertiary/aromatic N) is 2. The molecule has 0 fully saturated rings. The van der Waals surface area contributed by atoms with Crippen LogP contribution >= 0.6 is 0 Å². The van der Waals surface area contributed by atoms with Gasteiger partial charge in [0, 0.05) is 17.4 Å². The van der Waals surface area contributed by atoms with Gasteiger partial charge >= 0.3 is 0 Å². The Hall–Kier alpha value is -4.12.